The zero-order valence-electron chi connectivity index (χ0n) is 24.3. The largest absolute Gasteiger partial charge is 0.355 e. The highest BCUT2D eigenvalue weighted by Crippen LogP contribution is 2.29. The van der Waals surface area contributed by atoms with Crippen LogP contribution >= 0.6 is 0 Å². The Morgan fingerprint density at radius 1 is 1.00 bits per heavy atom. The van der Waals surface area contributed by atoms with Crippen LogP contribution in [0, 0.1) is 17.7 Å². The van der Waals surface area contributed by atoms with E-state index in [9.17, 15) is 18.8 Å². The molecule has 44 heavy (non-hydrogen) atoms. The molecule has 0 spiro atoms. The van der Waals surface area contributed by atoms with Gasteiger partial charge in [0.2, 0.25) is 17.6 Å². The van der Waals surface area contributed by atoms with Crippen molar-refractivity contribution in [2.45, 2.75) is 38.1 Å². The van der Waals surface area contributed by atoms with Gasteiger partial charge in [-0.25, -0.2) is 4.39 Å². The Bertz CT molecular complexity index is 1600. The molecule has 228 valence electrons. The molecular formula is C32H35FN8O3. The van der Waals surface area contributed by atoms with Crippen LogP contribution in [0.1, 0.15) is 41.6 Å². The molecule has 0 unspecified atom stereocenters. The van der Waals surface area contributed by atoms with Crippen molar-refractivity contribution in [1.82, 2.24) is 31.3 Å². The van der Waals surface area contributed by atoms with E-state index in [1.165, 1.54) is 25.2 Å². The number of nitrogens with one attached hydrogen (secondary N) is 4. The van der Waals surface area contributed by atoms with Crippen LogP contribution < -0.4 is 21.7 Å². The lowest BCUT2D eigenvalue weighted by Gasteiger charge is -2.28. The number of amides is 3. The van der Waals surface area contributed by atoms with Crippen LogP contribution in [0.25, 0.3) is 22.5 Å². The topological polar surface area (TPSA) is 168 Å². The fourth-order valence-corrected chi connectivity index (χ4v) is 5.51. The third-order valence-electron chi connectivity index (χ3n) is 8.07. The van der Waals surface area contributed by atoms with Gasteiger partial charge in [0.15, 0.2) is 0 Å². The van der Waals surface area contributed by atoms with Crippen LogP contribution in [0.2, 0.25) is 0 Å². The molecule has 1 aliphatic rings. The molecule has 1 aromatic heterocycles. The summed E-state index contributed by atoms with van der Waals surface area (Å²) in [4.78, 5) is 39.1. The first-order valence-corrected chi connectivity index (χ1v) is 14.6. The van der Waals surface area contributed by atoms with Crippen LogP contribution in [0.5, 0.6) is 0 Å². The van der Waals surface area contributed by atoms with E-state index in [4.69, 9.17) is 5.73 Å². The van der Waals surface area contributed by atoms with Crippen molar-refractivity contribution in [3.05, 3.63) is 83.7 Å². The summed E-state index contributed by atoms with van der Waals surface area (Å²) >= 11 is 0. The molecular weight excluding hydrogens is 563 g/mol. The van der Waals surface area contributed by atoms with Gasteiger partial charge in [0.25, 0.3) is 5.91 Å². The lowest BCUT2D eigenvalue weighted by Crippen LogP contribution is -2.48. The van der Waals surface area contributed by atoms with E-state index in [2.05, 4.69) is 36.6 Å². The van der Waals surface area contributed by atoms with Gasteiger partial charge >= 0.3 is 0 Å². The second-order valence-corrected chi connectivity index (χ2v) is 11.0. The SMILES string of the molecule is CNC(=O)c1ccc(F)c(-c2cccc(C[C@H](NC(=O)C3CCC(CN)CC3)C(=O)Nc3ccc(-c4nn[nH]n4)cc3)c2)c1. The summed E-state index contributed by atoms with van der Waals surface area (Å²) in [6.45, 7) is 0.605. The third kappa shape index (κ3) is 7.32. The molecule has 3 amide bonds. The van der Waals surface area contributed by atoms with Crippen LogP contribution in [0.15, 0.2) is 66.7 Å². The molecule has 0 saturated heterocycles. The van der Waals surface area contributed by atoms with E-state index in [1.807, 2.05) is 6.07 Å². The summed E-state index contributed by atoms with van der Waals surface area (Å²) in [6, 6.07) is 17.3. The normalized spacial score (nSPS) is 17.0. The first-order valence-electron chi connectivity index (χ1n) is 14.6. The molecule has 1 saturated carbocycles. The number of nitrogens with zero attached hydrogens (tertiary/aromatic N) is 3. The van der Waals surface area contributed by atoms with Crippen molar-refractivity contribution in [1.29, 1.82) is 0 Å². The van der Waals surface area contributed by atoms with Gasteiger partial charge in [-0.15, -0.1) is 10.2 Å². The number of tetrazole rings is 1. The lowest BCUT2D eigenvalue weighted by atomic mass is 9.81. The van der Waals surface area contributed by atoms with Crippen molar-refractivity contribution in [3.8, 4) is 22.5 Å². The highest BCUT2D eigenvalue weighted by Gasteiger charge is 2.29. The van der Waals surface area contributed by atoms with Crippen LogP contribution in [-0.4, -0.2) is 58.0 Å². The van der Waals surface area contributed by atoms with Gasteiger partial charge in [0.05, 0.1) is 0 Å². The molecule has 0 aliphatic heterocycles. The zero-order chi connectivity index (χ0) is 31.1. The molecule has 5 rings (SSSR count). The van der Waals surface area contributed by atoms with E-state index in [0.717, 1.165) is 31.2 Å². The van der Waals surface area contributed by atoms with Crippen molar-refractivity contribution >= 4 is 23.4 Å². The number of H-pyrrole nitrogens is 1. The van der Waals surface area contributed by atoms with E-state index in [-0.39, 0.29) is 35.6 Å². The predicted molar refractivity (Wildman–Crippen MR) is 164 cm³/mol. The summed E-state index contributed by atoms with van der Waals surface area (Å²) in [7, 11) is 1.51. The quantitative estimate of drug-likeness (QED) is 0.186. The molecule has 12 heteroatoms. The number of nitrogens with two attached hydrogens (primary N) is 1. The van der Waals surface area contributed by atoms with E-state index >= 15 is 0 Å². The Hall–Kier alpha value is -4.97. The second kappa shape index (κ2) is 14.0. The first-order chi connectivity index (χ1) is 21.3. The molecule has 4 aromatic rings. The number of hydrogen-bond acceptors (Lipinski definition) is 7. The van der Waals surface area contributed by atoms with Gasteiger partial charge in [-0.05, 0) is 97.0 Å². The molecule has 1 aliphatic carbocycles. The molecule has 6 N–H and O–H groups in total. The smallest absolute Gasteiger partial charge is 0.251 e. The Morgan fingerprint density at radius 2 is 1.77 bits per heavy atom. The molecule has 11 nitrogen and oxygen atoms in total. The highest BCUT2D eigenvalue weighted by molar-refractivity contribution is 5.98. The number of halogens is 1. The van der Waals surface area contributed by atoms with Crippen LogP contribution in [0.3, 0.4) is 0 Å². The highest BCUT2D eigenvalue weighted by atomic mass is 19.1. The summed E-state index contributed by atoms with van der Waals surface area (Å²) in [5.41, 5.74) is 8.93. The maximum Gasteiger partial charge on any atom is 0.251 e. The average Bonchev–Trinajstić information content (AvgIpc) is 3.60. The van der Waals surface area contributed by atoms with E-state index in [1.54, 1.807) is 42.5 Å². The number of anilines is 1. The lowest BCUT2D eigenvalue weighted by molar-refractivity contribution is -0.130. The van der Waals surface area contributed by atoms with Crippen molar-refractivity contribution in [2.75, 3.05) is 18.9 Å². The summed E-state index contributed by atoms with van der Waals surface area (Å²) in [6.07, 6.45) is 3.36. The zero-order valence-corrected chi connectivity index (χ0v) is 24.3. The van der Waals surface area contributed by atoms with Crippen LogP contribution in [0.4, 0.5) is 10.1 Å². The third-order valence-corrected chi connectivity index (χ3v) is 8.07. The van der Waals surface area contributed by atoms with Crippen LogP contribution in [-0.2, 0) is 16.0 Å². The van der Waals surface area contributed by atoms with Crippen molar-refractivity contribution in [2.24, 2.45) is 17.6 Å². The van der Waals surface area contributed by atoms with Gasteiger partial charge in [-0.3, -0.25) is 14.4 Å². The first kappa shape index (κ1) is 30.5. The number of benzene rings is 3. The number of rotatable bonds is 10. The number of hydrogen-bond donors (Lipinski definition) is 5. The molecule has 3 aromatic carbocycles. The Morgan fingerprint density at radius 3 is 2.45 bits per heavy atom. The van der Waals surface area contributed by atoms with Gasteiger partial charge < -0.3 is 21.7 Å². The second-order valence-electron chi connectivity index (χ2n) is 11.0. The predicted octanol–water partition coefficient (Wildman–Crippen LogP) is 3.46. The minimum Gasteiger partial charge on any atom is -0.355 e. The number of carbonyl (C=O) groups excluding carboxylic acids is 3. The summed E-state index contributed by atoms with van der Waals surface area (Å²) in [5, 5.41) is 22.3. The fraction of sp³-hybridized carbons (Fsp3) is 0.312. The average molecular weight is 599 g/mol. The maximum atomic E-state index is 14.9. The Kier molecular flexibility index (Phi) is 9.70. The van der Waals surface area contributed by atoms with Gasteiger partial charge in [-0.1, -0.05) is 24.3 Å². The minimum atomic E-state index is -0.899. The number of aromatic nitrogens is 4. The molecule has 1 atom stereocenters. The van der Waals surface area contributed by atoms with Crippen molar-refractivity contribution in [3.63, 3.8) is 0 Å². The van der Waals surface area contributed by atoms with Gasteiger partial charge in [-0.2, -0.15) is 5.21 Å². The van der Waals surface area contributed by atoms with Gasteiger partial charge in [0, 0.05) is 41.8 Å². The number of aromatic amines is 1. The molecule has 0 radical (unpaired) electrons. The Balaban J connectivity index is 1.37. The molecule has 0 bridgehead atoms. The van der Waals surface area contributed by atoms with E-state index < -0.39 is 11.9 Å². The van der Waals surface area contributed by atoms with Crippen molar-refractivity contribution < 1.29 is 18.8 Å². The molecule has 1 fully saturated rings. The molecule has 1 heterocycles. The number of carbonyl (C=O) groups is 3. The standard InChI is InChI=1S/C32H35FN8O3/c1-35-30(42)24-11-14-27(33)26(17-24)23-4-2-3-20(15-23)16-28(37-31(43)22-7-5-19(18-34)6-8-22)32(44)36-25-12-9-21(10-13-25)29-38-40-41-39-29/h2-4,9-15,17,19,22,28H,5-8,16,18,34H2,1H3,(H,35,42)(H,36,44)(H,37,43)(H,38,39,40,41)/t19?,22?,28-/m0/s1. The fourth-order valence-electron chi connectivity index (χ4n) is 5.51. The monoisotopic (exact) mass is 598 g/mol. The minimum absolute atomic E-state index is 0.168. The van der Waals surface area contributed by atoms with Gasteiger partial charge in [0.1, 0.15) is 11.9 Å². The summed E-state index contributed by atoms with van der Waals surface area (Å²) in [5.74, 6) is -0.723. The summed E-state index contributed by atoms with van der Waals surface area (Å²) < 4.78 is 14.9. The maximum absolute atomic E-state index is 14.9. The Labute approximate surface area is 254 Å². The van der Waals surface area contributed by atoms with E-state index in [0.29, 0.717) is 40.7 Å².